The molecule has 6 heteroatoms. The molecule has 1 saturated carbocycles. The van der Waals surface area contributed by atoms with Crippen molar-refractivity contribution in [2.24, 2.45) is 5.92 Å². The highest BCUT2D eigenvalue weighted by Gasteiger charge is 2.27. The van der Waals surface area contributed by atoms with Crippen molar-refractivity contribution < 1.29 is 14.7 Å². The molecule has 1 aliphatic heterocycles. The van der Waals surface area contributed by atoms with Crippen LogP contribution in [0, 0.1) is 5.92 Å². The SMILES string of the molecule is O=C(O)N1CCC(CN(Cc2ccccc2)C(=O)NC2CCCCC2)CC1. The summed E-state index contributed by atoms with van der Waals surface area (Å²) in [6, 6.07) is 10.4. The van der Waals surface area contributed by atoms with Gasteiger partial charge in [-0.3, -0.25) is 0 Å². The van der Waals surface area contributed by atoms with Crippen LogP contribution in [0.1, 0.15) is 50.5 Å². The first kappa shape index (κ1) is 19.5. The molecule has 0 atom stereocenters. The minimum atomic E-state index is -0.843. The van der Waals surface area contributed by atoms with Gasteiger partial charge in [0.2, 0.25) is 0 Å². The van der Waals surface area contributed by atoms with Gasteiger partial charge in [-0.15, -0.1) is 0 Å². The standard InChI is InChI=1S/C21H31N3O3/c25-20(22-19-9-5-2-6-10-19)24(15-17-7-3-1-4-8-17)16-18-11-13-23(14-12-18)21(26)27/h1,3-4,7-8,18-19H,2,5-6,9-16H2,(H,22,25)(H,26,27). The van der Waals surface area contributed by atoms with Crippen molar-refractivity contribution >= 4 is 12.1 Å². The van der Waals surface area contributed by atoms with E-state index in [0.717, 1.165) is 31.2 Å². The van der Waals surface area contributed by atoms with Gasteiger partial charge in [-0.1, -0.05) is 49.6 Å². The number of hydrogen-bond donors (Lipinski definition) is 2. The fraction of sp³-hybridized carbons (Fsp3) is 0.619. The molecule has 0 aromatic heterocycles. The van der Waals surface area contributed by atoms with E-state index in [1.165, 1.54) is 24.2 Å². The number of nitrogens with zero attached hydrogens (tertiary/aromatic N) is 2. The van der Waals surface area contributed by atoms with Gasteiger partial charge in [0.1, 0.15) is 0 Å². The topological polar surface area (TPSA) is 72.9 Å². The van der Waals surface area contributed by atoms with Crippen molar-refractivity contribution in [3.63, 3.8) is 0 Å². The predicted molar refractivity (Wildman–Crippen MR) is 105 cm³/mol. The number of amides is 3. The third-order valence-corrected chi connectivity index (χ3v) is 5.80. The lowest BCUT2D eigenvalue weighted by Crippen LogP contribution is -2.48. The molecule has 3 rings (SSSR count). The first-order chi connectivity index (χ1) is 13.1. The first-order valence-electron chi connectivity index (χ1n) is 10.2. The Kier molecular flexibility index (Phi) is 6.96. The van der Waals surface area contributed by atoms with E-state index >= 15 is 0 Å². The first-order valence-corrected chi connectivity index (χ1v) is 10.2. The van der Waals surface area contributed by atoms with Gasteiger partial charge in [-0.25, -0.2) is 9.59 Å². The quantitative estimate of drug-likeness (QED) is 0.821. The van der Waals surface area contributed by atoms with Gasteiger partial charge in [-0.2, -0.15) is 0 Å². The maximum absolute atomic E-state index is 13.0. The summed E-state index contributed by atoms with van der Waals surface area (Å²) in [6.07, 6.45) is 6.58. The highest BCUT2D eigenvalue weighted by atomic mass is 16.4. The van der Waals surface area contributed by atoms with Gasteiger partial charge in [0, 0.05) is 32.2 Å². The van der Waals surface area contributed by atoms with Crippen LogP contribution in [0.3, 0.4) is 0 Å². The summed E-state index contributed by atoms with van der Waals surface area (Å²) in [5.74, 6) is 0.349. The Bertz CT molecular complexity index is 608. The van der Waals surface area contributed by atoms with E-state index < -0.39 is 6.09 Å². The van der Waals surface area contributed by atoms with E-state index in [1.54, 1.807) is 0 Å². The van der Waals surface area contributed by atoms with Crippen molar-refractivity contribution in [2.75, 3.05) is 19.6 Å². The number of carboxylic acid groups (broad SMARTS) is 1. The average Bonchev–Trinajstić information content (AvgIpc) is 2.69. The Hall–Kier alpha value is -2.24. The summed E-state index contributed by atoms with van der Waals surface area (Å²) in [4.78, 5) is 27.5. The van der Waals surface area contributed by atoms with Gasteiger partial charge in [0.15, 0.2) is 0 Å². The van der Waals surface area contributed by atoms with Crippen LogP contribution in [0.15, 0.2) is 30.3 Å². The van der Waals surface area contributed by atoms with Gasteiger partial charge in [0.25, 0.3) is 0 Å². The molecule has 0 unspecified atom stereocenters. The Morgan fingerprint density at radius 2 is 1.70 bits per heavy atom. The minimum absolute atomic E-state index is 0.0198. The Balaban J connectivity index is 1.60. The van der Waals surface area contributed by atoms with Crippen LogP contribution >= 0.6 is 0 Å². The van der Waals surface area contributed by atoms with Crippen LogP contribution in [0.4, 0.5) is 9.59 Å². The van der Waals surface area contributed by atoms with E-state index in [1.807, 2.05) is 35.2 Å². The molecule has 2 N–H and O–H groups in total. The lowest BCUT2D eigenvalue weighted by atomic mass is 9.95. The fourth-order valence-corrected chi connectivity index (χ4v) is 4.15. The molecule has 1 aromatic carbocycles. The van der Waals surface area contributed by atoms with Crippen LogP contribution in [0.25, 0.3) is 0 Å². The maximum atomic E-state index is 13.0. The largest absolute Gasteiger partial charge is 0.465 e. The van der Waals surface area contributed by atoms with Crippen LogP contribution in [-0.2, 0) is 6.54 Å². The van der Waals surface area contributed by atoms with Crippen molar-refractivity contribution in [1.82, 2.24) is 15.1 Å². The zero-order valence-corrected chi connectivity index (χ0v) is 16.0. The van der Waals surface area contributed by atoms with Crippen LogP contribution in [0.5, 0.6) is 0 Å². The molecule has 1 saturated heterocycles. The summed E-state index contributed by atoms with van der Waals surface area (Å²) in [7, 11) is 0. The molecule has 1 heterocycles. The molecule has 27 heavy (non-hydrogen) atoms. The molecular formula is C21H31N3O3. The predicted octanol–water partition coefficient (Wildman–Crippen LogP) is 3.92. The van der Waals surface area contributed by atoms with Crippen LogP contribution < -0.4 is 5.32 Å². The zero-order valence-electron chi connectivity index (χ0n) is 16.0. The number of benzene rings is 1. The molecule has 148 valence electrons. The average molecular weight is 373 g/mol. The van der Waals surface area contributed by atoms with Crippen molar-refractivity contribution in [3.8, 4) is 0 Å². The number of hydrogen-bond acceptors (Lipinski definition) is 2. The van der Waals surface area contributed by atoms with Crippen LogP contribution in [-0.4, -0.2) is 52.7 Å². The molecule has 6 nitrogen and oxygen atoms in total. The van der Waals surface area contributed by atoms with Crippen molar-refractivity contribution in [3.05, 3.63) is 35.9 Å². The van der Waals surface area contributed by atoms with E-state index in [-0.39, 0.29) is 6.03 Å². The molecule has 1 aromatic rings. The summed E-state index contributed by atoms with van der Waals surface area (Å²) in [6.45, 7) is 2.40. The third-order valence-electron chi connectivity index (χ3n) is 5.80. The maximum Gasteiger partial charge on any atom is 0.407 e. The molecule has 2 aliphatic rings. The second-order valence-electron chi connectivity index (χ2n) is 7.86. The monoisotopic (exact) mass is 373 g/mol. The minimum Gasteiger partial charge on any atom is -0.465 e. The highest BCUT2D eigenvalue weighted by molar-refractivity contribution is 5.74. The van der Waals surface area contributed by atoms with E-state index in [9.17, 15) is 9.59 Å². The normalized spacial score (nSPS) is 18.9. The summed E-state index contributed by atoms with van der Waals surface area (Å²) in [5, 5.41) is 12.4. The Morgan fingerprint density at radius 3 is 2.33 bits per heavy atom. The van der Waals surface area contributed by atoms with Crippen molar-refractivity contribution in [2.45, 2.75) is 57.5 Å². The number of carbonyl (C=O) groups is 2. The molecule has 0 bridgehead atoms. The number of carbonyl (C=O) groups excluding carboxylic acids is 1. The lowest BCUT2D eigenvalue weighted by Gasteiger charge is -2.35. The lowest BCUT2D eigenvalue weighted by molar-refractivity contribution is 0.114. The van der Waals surface area contributed by atoms with Gasteiger partial charge >= 0.3 is 12.1 Å². The number of rotatable bonds is 5. The van der Waals surface area contributed by atoms with Gasteiger partial charge in [-0.05, 0) is 37.2 Å². The fourth-order valence-electron chi connectivity index (χ4n) is 4.15. The summed E-state index contributed by atoms with van der Waals surface area (Å²) in [5.41, 5.74) is 1.12. The van der Waals surface area contributed by atoms with E-state index in [0.29, 0.717) is 38.1 Å². The Morgan fingerprint density at radius 1 is 1.04 bits per heavy atom. The number of urea groups is 1. The smallest absolute Gasteiger partial charge is 0.407 e. The van der Waals surface area contributed by atoms with Gasteiger partial charge in [0.05, 0.1) is 0 Å². The number of likely N-dealkylation sites (tertiary alicyclic amines) is 1. The Labute approximate surface area is 161 Å². The second-order valence-corrected chi connectivity index (χ2v) is 7.86. The molecule has 0 spiro atoms. The van der Waals surface area contributed by atoms with E-state index in [2.05, 4.69) is 5.32 Å². The molecule has 1 aliphatic carbocycles. The molecule has 0 radical (unpaired) electrons. The number of nitrogens with one attached hydrogen (secondary N) is 1. The highest BCUT2D eigenvalue weighted by Crippen LogP contribution is 2.21. The van der Waals surface area contributed by atoms with Crippen molar-refractivity contribution in [1.29, 1.82) is 0 Å². The van der Waals surface area contributed by atoms with Gasteiger partial charge < -0.3 is 20.2 Å². The third kappa shape index (κ3) is 5.88. The number of piperidine rings is 1. The molecule has 2 fully saturated rings. The molecular weight excluding hydrogens is 342 g/mol. The zero-order chi connectivity index (χ0) is 19.1. The van der Waals surface area contributed by atoms with E-state index in [4.69, 9.17) is 5.11 Å². The van der Waals surface area contributed by atoms with Crippen LogP contribution in [0.2, 0.25) is 0 Å². The molecule has 3 amide bonds. The summed E-state index contributed by atoms with van der Waals surface area (Å²) >= 11 is 0. The second kappa shape index (κ2) is 9.62. The summed E-state index contributed by atoms with van der Waals surface area (Å²) < 4.78 is 0.